The molecule has 0 amide bonds. The number of ether oxygens (including phenoxy) is 1. The molecule has 0 spiro atoms. The second-order valence-electron chi connectivity index (χ2n) is 3.96. The molecule has 1 N–H and O–H groups in total. The summed E-state index contributed by atoms with van der Waals surface area (Å²) in [6, 6.07) is 4.87. The van der Waals surface area contributed by atoms with Gasteiger partial charge in [-0.1, -0.05) is 11.6 Å². The minimum Gasteiger partial charge on any atom is -0.486 e. The average Bonchev–Trinajstić information content (AvgIpc) is 2.67. The van der Waals surface area contributed by atoms with E-state index in [9.17, 15) is 9.90 Å². The standard InChI is InChI=1S/C12H13ClO3/c13-9-6-8(7-14)4-5-11(9)16-12-3-1-2-10(12)15/h4-7,10,12,15H,1-3H2. The van der Waals surface area contributed by atoms with E-state index in [4.69, 9.17) is 16.3 Å². The van der Waals surface area contributed by atoms with E-state index < -0.39 is 6.10 Å². The molecule has 1 aromatic carbocycles. The number of hydrogen-bond acceptors (Lipinski definition) is 3. The van der Waals surface area contributed by atoms with Crippen molar-refractivity contribution < 1.29 is 14.6 Å². The van der Waals surface area contributed by atoms with Crippen molar-refractivity contribution in [1.82, 2.24) is 0 Å². The van der Waals surface area contributed by atoms with Crippen LogP contribution in [0.1, 0.15) is 29.6 Å². The molecule has 2 unspecified atom stereocenters. The fraction of sp³-hybridized carbons (Fsp3) is 0.417. The number of aldehydes is 1. The number of benzene rings is 1. The normalized spacial score (nSPS) is 24.4. The third kappa shape index (κ3) is 2.36. The van der Waals surface area contributed by atoms with Crippen LogP contribution in [-0.4, -0.2) is 23.6 Å². The first-order valence-electron chi connectivity index (χ1n) is 5.30. The minimum atomic E-state index is -0.415. The Morgan fingerprint density at radius 1 is 1.44 bits per heavy atom. The van der Waals surface area contributed by atoms with E-state index >= 15 is 0 Å². The van der Waals surface area contributed by atoms with Gasteiger partial charge in [-0.15, -0.1) is 0 Å². The van der Waals surface area contributed by atoms with Crippen molar-refractivity contribution in [2.45, 2.75) is 31.5 Å². The van der Waals surface area contributed by atoms with Crippen LogP contribution in [0.2, 0.25) is 5.02 Å². The predicted octanol–water partition coefficient (Wildman–Crippen LogP) is 2.44. The topological polar surface area (TPSA) is 46.5 Å². The van der Waals surface area contributed by atoms with E-state index in [0.717, 1.165) is 25.5 Å². The summed E-state index contributed by atoms with van der Waals surface area (Å²) in [4.78, 5) is 10.5. The summed E-state index contributed by atoms with van der Waals surface area (Å²) in [6.45, 7) is 0. The minimum absolute atomic E-state index is 0.181. The van der Waals surface area contributed by atoms with Gasteiger partial charge in [0.1, 0.15) is 18.1 Å². The van der Waals surface area contributed by atoms with Crippen LogP contribution in [0.15, 0.2) is 18.2 Å². The maximum atomic E-state index is 10.5. The lowest BCUT2D eigenvalue weighted by molar-refractivity contribution is 0.0604. The van der Waals surface area contributed by atoms with Crippen LogP contribution in [0.5, 0.6) is 5.75 Å². The Labute approximate surface area is 99.0 Å². The Morgan fingerprint density at radius 3 is 2.81 bits per heavy atom. The molecule has 0 aliphatic heterocycles. The van der Waals surface area contributed by atoms with Gasteiger partial charge in [0.15, 0.2) is 0 Å². The fourth-order valence-corrected chi connectivity index (χ4v) is 2.13. The maximum absolute atomic E-state index is 10.5. The van der Waals surface area contributed by atoms with Crippen molar-refractivity contribution in [2.24, 2.45) is 0 Å². The number of carbonyl (C=O) groups is 1. The van der Waals surface area contributed by atoms with Gasteiger partial charge in [0.05, 0.1) is 11.1 Å². The molecule has 3 nitrogen and oxygen atoms in total. The van der Waals surface area contributed by atoms with Gasteiger partial charge in [-0.3, -0.25) is 4.79 Å². The second kappa shape index (κ2) is 4.85. The van der Waals surface area contributed by atoms with E-state index in [-0.39, 0.29) is 6.10 Å². The third-order valence-electron chi connectivity index (χ3n) is 2.79. The van der Waals surface area contributed by atoms with Crippen molar-refractivity contribution in [2.75, 3.05) is 0 Å². The number of hydrogen-bond donors (Lipinski definition) is 1. The molecular formula is C12H13ClO3. The average molecular weight is 241 g/mol. The molecule has 1 saturated carbocycles. The summed E-state index contributed by atoms with van der Waals surface area (Å²) in [7, 11) is 0. The third-order valence-corrected chi connectivity index (χ3v) is 3.08. The first-order valence-corrected chi connectivity index (χ1v) is 5.68. The zero-order valence-corrected chi connectivity index (χ0v) is 9.48. The lowest BCUT2D eigenvalue weighted by Gasteiger charge is -2.17. The van der Waals surface area contributed by atoms with Gasteiger partial charge in [0.2, 0.25) is 0 Å². The first-order chi connectivity index (χ1) is 7.70. The Kier molecular flexibility index (Phi) is 3.46. The summed E-state index contributed by atoms with van der Waals surface area (Å²) < 4.78 is 5.62. The molecule has 2 rings (SSSR count). The number of aliphatic hydroxyl groups is 1. The molecule has 86 valence electrons. The van der Waals surface area contributed by atoms with Crippen molar-refractivity contribution in [3.8, 4) is 5.75 Å². The van der Waals surface area contributed by atoms with Crippen molar-refractivity contribution in [3.63, 3.8) is 0 Å². The van der Waals surface area contributed by atoms with Gasteiger partial charge in [-0.2, -0.15) is 0 Å². The molecule has 1 aliphatic carbocycles. The zero-order chi connectivity index (χ0) is 11.5. The number of carbonyl (C=O) groups excluding carboxylic acids is 1. The molecule has 1 aromatic rings. The van der Waals surface area contributed by atoms with Gasteiger partial charge < -0.3 is 9.84 Å². The molecule has 4 heteroatoms. The molecule has 0 saturated heterocycles. The highest BCUT2D eigenvalue weighted by atomic mass is 35.5. The van der Waals surface area contributed by atoms with Crippen LogP contribution in [0.3, 0.4) is 0 Å². The first kappa shape index (κ1) is 11.4. The molecule has 16 heavy (non-hydrogen) atoms. The molecule has 0 bridgehead atoms. The Morgan fingerprint density at radius 2 is 2.25 bits per heavy atom. The summed E-state index contributed by atoms with van der Waals surface area (Å²) in [5.41, 5.74) is 0.518. The highest BCUT2D eigenvalue weighted by Crippen LogP contribution is 2.30. The van der Waals surface area contributed by atoms with Crippen LogP contribution in [0.25, 0.3) is 0 Å². The Hall–Kier alpha value is -1.06. The lowest BCUT2D eigenvalue weighted by atomic mass is 10.2. The summed E-state index contributed by atoms with van der Waals surface area (Å²) in [5.74, 6) is 0.526. The molecule has 0 aromatic heterocycles. The number of rotatable bonds is 3. The molecule has 0 radical (unpaired) electrons. The van der Waals surface area contributed by atoms with Crippen LogP contribution in [0.4, 0.5) is 0 Å². The highest BCUT2D eigenvalue weighted by Gasteiger charge is 2.27. The van der Waals surface area contributed by atoms with Crippen molar-refractivity contribution in [3.05, 3.63) is 28.8 Å². The van der Waals surface area contributed by atoms with E-state index in [1.165, 1.54) is 0 Å². The summed E-state index contributed by atoms with van der Waals surface area (Å²) in [5, 5.41) is 10.0. The van der Waals surface area contributed by atoms with Gasteiger partial charge in [0, 0.05) is 5.56 Å². The maximum Gasteiger partial charge on any atom is 0.150 e. The fourth-order valence-electron chi connectivity index (χ4n) is 1.89. The largest absolute Gasteiger partial charge is 0.486 e. The smallest absolute Gasteiger partial charge is 0.150 e. The van der Waals surface area contributed by atoms with E-state index in [0.29, 0.717) is 16.3 Å². The van der Waals surface area contributed by atoms with Crippen molar-refractivity contribution in [1.29, 1.82) is 0 Å². The van der Waals surface area contributed by atoms with Crippen LogP contribution < -0.4 is 4.74 Å². The molecule has 1 aliphatic rings. The molecule has 2 atom stereocenters. The summed E-state index contributed by atoms with van der Waals surface area (Å²) >= 11 is 5.97. The highest BCUT2D eigenvalue weighted by molar-refractivity contribution is 6.32. The van der Waals surface area contributed by atoms with Crippen LogP contribution in [0, 0.1) is 0 Å². The van der Waals surface area contributed by atoms with E-state index in [1.54, 1.807) is 18.2 Å². The van der Waals surface area contributed by atoms with Gasteiger partial charge in [-0.25, -0.2) is 0 Å². The Balaban J connectivity index is 2.12. The van der Waals surface area contributed by atoms with Crippen molar-refractivity contribution >= 4 is 17.9 Å². The van der Waals surface area contributed by atoms with Crippen LogP contribution >= 0.6 is 11.6 Å². The Bertz CT molecular complexity index is 392. The molecule has 0 heterocycles. The second-order valence-corrected chi connectivity index (χ2v) is 4.37. The van der Waals surface area contributed by atoms with Gasteiger partial charge >= 0.3 is 0 Å². The quantitative estimate of drug-likeness (QED) is 0.826. The van der Waals surface area contributed by atoms with E-state index in [1.807, 2.05) is 0 Å². The lowest BCUT2D eigenvalue weighted by Crippen LogP contribution is -2.25. The zero-order valence-electron chi connectivity index (χ0n) is 8.73. The van der Waals surface area contributed by atoms with Gasteiger partial charge in [-0.05, 0) is 37.5 Å². The van der Waals surface area contributed by atoms with E-state index in [2.05, 4.69) is 0 Å². The molecule has 1 fully saturated rings. The van der Waals surface area contributed by atoms with Crippen LogP contribution in [-0.2, 0) is 0 Å². The number of halogens is 1. The monoisotopic (exact) mass is 240 g/mol. The SMILES string of the molecule is O=Cc1ccc(OC2CCCC2O)c(Cl)c1. The number of aliphatic hydroxyl groups excluding tert-OH is 1. The van der Waals surface area contributed by atoms with Gasteiger partial charge in [0.25, 0.3) is 0 Å². The predicted molar refractivity (Wildman–Crippen MR) is 61.1 cm³/mol. The summed E-state index contributed by atoms with van der Waals surface area (Å²) in [6.07, 6.45) is 2.72. The molecular weight excluding hydrogens is 228 g/mol.